The fourth-order valence-electron chi connectivity index (χ4n) is 1.99. The Morgan fingerprint density at radius 1 is 1.11 bits per heavy atom. The molecule has 0 aliphatic carbocycles. The molecule has 0 spiro atoms. The number of hydrogen-bond donors (Lipinski definition) is 2. The highest BCUT2D eigenvalue weighted by Crippen LogP contribution is 2.17. The van der Waals surface area contributed by atoms with Crippen molar-refractivity contribution in [2.24, 2.45) is 0 Å². The third kappa shape index (κ3) is 6.63. The van der Waals surface area contributed by atoms with E-state index in [1.165, 1.54) is 36.5 Å². The SMILES string of the molecule is CC(=O)NCc1ccc(C(=O)COC(=O)CNC(=O)c2cccc(F)c2)s1. The molecular formula is C18H17FN2O5S. The number of nitrogens with one attached hydrogen (secondary N) is 2. The maximum absolute atomic E-state index is 13.1. The zero-order chi connectivity index (χ0) is 19.8. The molecule has 0 aliphatic rings. The van der Waals surface area contributed by atoms with Crippen LogP contribution in [0.25, 0.3) is 0 Å². The van der Waals surface area contributed by atoms with Crippen LogP contribution >= 0.6 is 11.3 Å². The zero-order valence-electron chi connectivity index (χ0n) is 14.4. The van der Waals surface area contributed by atoms with Crippen LogP contribution < -0.4 is 10.6 Å². The average molecular weight is 392 g/mol. The van der Waals surface area contributed by atoms with E-state index in [-0.39, 0.29) is 17.3 Å². The first kappa shape index (κ1) is 20.2. The van der Waals surface area contributed by atoms with Crippen molar-refractivity contribution < 1.29 is 28.3 Å². The maximum Gasteiger partial charge on any atom is 0.325 e. The highest BCUT2D eigenvalue weighted by Gasteiger charge is 2.14. The van der Waals surface area contributed by atoms with Gasteiger partial charge in [0.25, 0.3) is 5.91 Å². The summed E-state index contributed by atoms with van der Waals surface area (Å²) in [6.45, 7) is 0.807. The van der Waals surface area contributed by atoms with Crippen LogP contribution in [-0.4, -0.2) is 36.7 Å². The monoisotopic (exact) mass is 392 g/mol. The minimum absolute atomic E-state index is 0.0733. The molecule has 2 aromatic rings. The van der Waals surface area contributed by atoms with Crippen molar-refractivity contribution in [3.05, 3.63) is 57.5 Å². The molecule has 0 saturated heterocycles. The molecule has 0 saturated carbocycles. The molecule has 1 aromatic heterocycles. The number of carbonyl (C=O) groups is 4. The van der Waals surface area contributed by atoms with Crippen LogP contribution in [0.3, 0.4) is 0 Å². The first-order valence-corrected chi connectivity index (χ1v) is 8.72. The van der Waals surface area contributed by atoms with Crippen LogP contribution in [0, 0.1) is 5.82 Å². The Hall–Kier alpha value is -3.07. The van der Waals surface area contributed by atoms with E-state index in [0.29, 0.717) is 11.4 Å². The maximum atomic E-state index is 13.1. The number of ketones is 1. The Morgan fingerprint density at radius 2 is 1.89 bits per heavy atom. The Labute approximate surface area is 158 Å². The third-order valence-corrected chi connectivity index (χ3v) is 4.42. The molecule has 2 rings (SSSR count). The van der Waals surface area contributed by atoms with Gasteiger partial charge in [-0.1, -0.05) is 6.07 Å². The van der Waals surface area contributed by atoms with E-state index in [0.717, 1.165) is 10.9 Å². The van der Waals surface area contributed by atoms with E-state index >= 15 is 0 Å². The summed E-state index contributed by atoms with van der Waals surface area (Å²) in [6, 6.07) is 8.31. The molecule has 27 heavy (non-hydrogen) atoms. The highest BCUT2D eigenvalue weighted by molar-refractivity contribution is 7.14. The number of carbonyl (C=O) groups excluding carboxylic acids is 4. The summed E-state index contributed by atoms with van der Waals surface area (Å²) in [5, 5.41) is 4.91. The quantitative estimate of drug-likeness (QED) is 0.526. The van der Waals surface area contributed by atoms with Crippen molar-refractivity contribution in [2.75, 3.05) is 13.2 Å². The lowest BCUT2D eigenvalue weighted by molar-refractivity contribution is -0.141. The van der Waals surface area contributed by atoms with Gasteiger partial charge in [-0.2, -0.15) is 0 Å². The molecule has 2 N–H and O–H groups in total. The average Bonchev–Trinajstić information content (AvgIpc) is 3.11. The van der Waals surface area contributed by atoms with Gasteiger partial charge in [0.1, 0.15) is 12.4 Å². The molecule has 1 heterocycles. The first-order chi connectivity index (χ1) is 12.8. The summed E-state index contributed by atoms with van der Waals surface area (Å²) in [5.74, 6) is -2.55. The number of esters is 1. The van der Waals surface area contributed by atoms with Gasteiger partial charge in [-0.25, -0.2) is 4.39 Å². The van der Waals surface area contributed by atoms with Crippen molar-refractivity contribution in [2.45, 2.75) is 13.5 Å². The molecule has 1 aromatic carbocycles. The summed E-state index contributed by atoms with van der Waals surface area (Å²) in [6.07, 6.45) is 0. The van der Waals surface area contributed by atoms with E-state index in [1.807, 2.05) is 0 Å². The summed E-state index contributed by atoms with van der Waals surface area (Å²) in [7, 11) is 0. The number of halogens is 1. The molecule has 7 nitrogen and oxygen atoms in total. The number of ether oxygens (including phenoxy) is 1. The predicted molar refractivity (Wildman–Crippen MR) is 95.9 cm³/mol. The third-order valence-electron chi connectivity index (χ3n) is 3.29. The van der Waals surface area contributed by atoms with Crippen LogP contribution in [-0.2, 0) is 20.9 Å². The summed E-state index contributed by atoms with van der Waals surface area (Å²) < 4.78 is 17.9. The molecule has 0 bridgehead atoms. The van der Waals surface area contributed by atoms with E-state index < -0.39 is 30.8 Å². The second kappa shape index (κ2) is 9.58. The first-order valence-electron chi connectivity index (χ1n) is 7.91. The Kier molecular flexibility index (Phi) is 7.18. The van der Waals surface area contributed by atoms with Crippen molar-refractivity contribution in [3.63, 3.8) is 0 Å². The number of benzene rings is 1. The zero-order valence-corrected chi connectivity index (χ0v) is 15.2. The number of Topliss-reactive ketones (excluding diaryl/α,β-unsaturated/α-hetero) is 1. The number of thiophene rings is 1. The summed E-state index contributed by atoms with van der Waals surface area (Å²) in [4.78, 5) is 47.5. The van der Waals surface area contributed by atoms with Crippen LogP contribution in [0.2, 0.25) is 0 Å². The predicted octanol–water partition coefficient (Wildman–Crippen LogP) is 1.68. The van der Waals surface area contributed by atoms with Crippen LogP contribution in [0.4, 0.5) is 4.39 Å². The second-order valence-corrected chi connectivity index (χ2v) is 6.62. The number of rotatable bonds is 8. The molecule has 0 atom stereocenters. The van der Waals surface area contributed by atoms with Crippen molar-refractivity contribution in [3.8, 4) is 0 Å². The van der Waals surface area contributed by atoms with Gasteiger partial charge in [0.2, 0.25) is 11.7 Å². The normalized spacial score (nSPS) is 10.1. The van der Waals surface area contributed by atoms with E-state index in [4.69, 9.17) is 4.74 Å². The lowest BCUT2D eigenvalue weighted by atomic mass is 10.2. The van der Waals surface area contributed by atoms with Gasteiger partial charge < -0.3 is 15.4 Å². The fraction of sp³-hybridized carbons (Fsp3) is 0.222. The van der Waals surface area contributed by atoms with E-state index in [2.05, 4.69) is 10.6 Å². The molecule has 0 unspecified atom stereocenters. The van der Waals surface area contributed by atoms with Gasteiger partial charge in [-0.3, -0.25) is 19.2 Å². The van der Waals surface area contributed by atoms with E-state index in [1.54, 1.807) is 12.1 Å². The van der Waals surface area contributed by atoms with Crippen molar-refractivity contribution >= 4 is 34.9 Å². The van der Waals surface area contributed by atoms with E-state index in [9.17, 15) is 23.6 Å². The molecule has 9 heteroatoms. The van der Waals surface area contributed by atoms with Gasteiger partial charge in [0, 0.05) is 17.4 Å². The van der Waals surface area contributed by atoms with Gasteiger partial charge >= 0.3 is 5.97 Å². The molecule has 0 aliphatic heterocycles. The smallest absolute Gasteiger partial charge is 0.325 e. The fourth-order valence-corrected chi connectivity index (χ4v) is 2.86. The molecule has 2 amide bonds. The highest BCUT2D eigenvalue weighted by atomic mass is 32.1. The van der Waals surface area contributed by atoms with Gasteiger partial charge in [-0.15, -0.1) is 11.3 Å². The van der Waals surface area contributed by atoms with Gasteiger partial charge in [0.15, 0.2) is 6.61 Å². The Morgan fingerprint density at radius 3 is 2.59 bits per heavy atom. The Bertz CT molecular complexity index is 865. The van der Waals surface area contributed by atoms with Gasteiger partial charge in [0.05, 0.1) is 11.4 Å². The molecular weight excluding hydrogens is 375 g/mol. The number of amides is 2. The summed E-state index contributed by atoms with van der Waals surface area (Å²) >= 11 is 1.19. The lowest BCUT2D eigenvalue weighted by Crippen LogP contribution is -2.31. The van der Waals surface area contributed by atoms with Crippen molar-refractivity contribution in [1.82, 2.24) is 10.6 Å². The van der Waals surface area contributed by atoms with Gasteiger partial charge in [-0.05, 0) is 30.3 Å². The van der Waals surface area contributed by atoms with Crippen LogP contribution in [0.15, 0.2) is 36.4 Å². The molecule has 0 radical (unpaired) electrons. The Balaban J connectivity index is 1.75. The topological polar surface area (TPSA) is 102 Å². The number of hydrogen-bond acceptors (Lipinski definition) is 6. The summed E-state index contributed by atoms with van der Waals surface area (Å²) in [5.41, 5.74) is 0.0733. The minimum atomic E-state index is -0.789. The molecule has 0 fully saturated rings. The van der Waals surface area contributed by atoms with Crippen molar-refractivity contribution in [1.29, 1.82) is 0 Å². The second-order valence-electron chi connectivity index (χ2n) is 5.45. The lowest BCUT2D eigenvalue weighted by Gasteiger charge is -2.06. The largest absolute Gasteiger partial charge is 0.456 e. The van der Waals surface area contributed by atoms with Crippen LogP contribution in [0.1, 0.15) is 31.8 Å². The molecule has 142 valence electrons. The van der Waals surface area contributed by atoms with Crippen LogP contribution in [0.5, 0.6) is 0 Å². The standard InChI is InChI=1S/C18H17FN2O5S/c1-11(22)20-8-14-5-6-16(27-14)15(23)10-26-17(24)9-21-18(25)12-3-2-4-13(19)7-12/h2-7H,8-10H2,1H3,(H,20,22)(H,21,25). The minimum Gasteiger partial charge on any atom is -0.456 e.